The molecule has 1 aliphatic heterocycles. The number of thioether (sulfide) groups is 1. The zero-order chi connectivity index (χ0) is 22.3. The second kappa shape index (κ2) is 8.09. The largest absolute Gasteiger partial charge is 0.465 e. The van der Waals surface area contributed by atoms with E-state index >= 15 is 0 Å². The molecule has 0 saturated carbocycles. The van der Waals surface area contributed by atoms with Gasteiger partial charge >= 0.3 is 11.9 Å². The van der Waals surface area contributed by atoms with Crippen LogP contribution in [-0.4, -0.2) is 36.7 Å². The second-order valence-corrected chi connectivity index (χ2v) is 8.69. The molecule has 0 fully saturated rings. The first-order valence-corrected chi connectivity index (χ1v) is 11.2. The molecule has 0 atom stereocenters. The number of Topliss-reactive ketones (excluding diaryl/α,β-unsaturated/α-hetero) is 2. The van der Waals surface area contributed by atoms with Crippen molar-refractivity contribution in [3.05, 3.63) is 74.1 Å². The first-order valence-electron chi connectivity index (χ1n) is 9.63. The van der Waals surface area contributed by atoms with Crippen LogP contribution in [0.5, 0.6) is 0 Å². The number of carbonyl (C=O) groups is 4. The van der Waals surface area contributed by atoms with Crippen LogP contribution in [-0.2, 0) is 24.5 Å². The first-order chi connectivity index (χ1) is 14.9. The van der Waals surface area contributed by atoms with E-state index in [1.54, 1.807) is 50.2 Å². The van der Waals surface area contributed by atoms with Crippen LogP contribution in [0.25, 0.3) is 0 Å². The minimum Gasteiger partial charge on any atom is -0.465 e. The van der Waals surface area contributed by atoms with Gasteiger partial charge in [-0.05, 0) is 35.8 Å². The number of allylic oxidation sites excluding steroid dienone is 1. The molecule has 31 heavy (non-hydrogen) atoms. The van der Waals surface area contributed by atoms with Crippen molar-refractivity contribution >= 4 is 51.2 Å². The number of fused-ring (bicyclic) bond motifs is 2. The van der Waals surface area contributed by atoms with E-state index in [1.165, 1.54) is 6.07 Å². The van der Waals surface area contributed by atoms with Crippen molar-refractivity contribution in [1.82, 2.24) is 0 Å². The number of hydrogen-bond acceptors (Lipinski definition) is 7. The lowest BCUT2D eigenvalue weighted by molar-refractivity contribution is -0.162. The van der Waals surface area contributed by atoms with Crippen LogP contribution in [0.3, 0.4) is 0 Å². The normalized spacial score (nSPS) is 16.2. The molecule has 0 unspecified atom stereocenters. The Morgan fingerprint density at radius 3 is 2.06 bits per heavy atom. The van der Waals surface area contributed by atoms with Crippen molar-refractivity contribution in [3.8, 4) is 0 Å². The van der Waals surface area contributed by atoms with Crippen molar-refractivity contribution < 1.29 is 28.7 Å². The number of ether oxygens (including phenoxy) is 2. The molecule has 2 aromatic rings. The van der Waals surface area contributed by atoms with E-state index in [4.69, 9.17) is 9.47 Å². The number of hydrogen-bond donors (Lipinski definition) is 0. The summed E-state index contributed by atoms with van der Waals surface area (Å²) in [5.74, 6) is -2.87. The minimum atomic E-state index is -2.20. The van der Waals surface area contributed by atoms with E-state index in [0.29, 0.717) is 9.37 Å². The molecule has 0 radical (unpaired) electrons. The third kappa shape index (κ3) is 3.00. The fourth-order valence-corrected chi connectivity index (χ4v) is 5.78. The quantitative estimate of drug-likeness (QED) is 0.457. The van der Waals surface area contributed by atoms with E-state index in [0.717, 1.165) is 11.8 Å². The van der Waals surface area contributed by atoms with Crippen molar-refractivity contribution in [2.45, 2.75) is 24.2 Å². The van der Waals surface area contributed by atoms with Crippen molar-refractivity contribution in [2.75, 3.05) is 13.2 Å². The highest BCUT2D eigenvalue weighted by Gasteiger charge is 2.62. The molecule has 0 amide bonds. The van der Waals surface area contributed by atoms with Gasteiger partial charge < -0.3 is 9.47 Å². The monoisotopic (exact) mass is 500 g/mol. The van der Waals surface area contributed by atoms with Crippen LogP contribution >= 0.6 is 27.7 Å². The van der Waals surface area contributed by atoms with Crippen LogP contribution in [0.1, 0.15) is 40.1 Å². The van der Waals surface area contributed by atoms with Crippen molar-refractivity contribution in [1.29, 1.82) is 0 Å². The summed E-state index contributed by atoms with van der Waals surface area (Å²) in [6.07, 6.45) is 0. The van der Waals surface area contributed by atoms with Gasteiger partial charge in [0.2, 0.25) is 11.2 Å². The van der Waals surface area contributed by atoms with E-state index in [9.17, 15) is 19.2 Å². The fraction of sp³-hybridized carbons (Fsp3) is 0.217. The van der Waals surface area contributed by atoms with Gasteiger partial charge in [-0.3, -0.25) is 19.2 Å². The topological polar surface area (TPSA) is 86.7 Å². The van der Waals surface area contributed by atoms with E-state index in [-0.39, 0.29) is 40.4 Å². The Balaban J connectivity index is 2.13. The van der Waals surface area contributed by atoms with Crippen molar-refractivity contribution in [2.24, 2.45) is 0 Å². The van der Waals surface area contributed by atoms with E-state index in [2.05, 4.69) is 15.9 Å². The molecular weight excluding hydrogens is 484 g/mol. The summed E-state index contributed by atoms with van der Waals surface area (Å²) in [5, 5.41) is 0. The molecule has 158 valence electrons. The number of ketones is 2. The Morgan fingerprint density at radius 2 is 1.48 bits per heavy atom. The Hall–Kier alpha value is -2.71. The van der Waals surface area contributed by atoms with E-state index in [1.807, 2.05) is 0 Å². The number of rotatable bonds is 4. The van der Waals surface area contributed by atoms with Crippen LogP contribution in [0.2, 0.25) is 0 Å². The average Bonchev–Trinajstić information content (AvgIpc) is 2.76. The van der Waals surface area contributed by atoms with Gasteiger partial charge in [-0.25, -0.2) is 0 Å². The maximum absolute atomic E-state index is 13.7. The highest BCUT2D eigenvalue weighted by Crippen LogP contribution is 2.55. The highest BCUT2D eigenvalue weighted by atomic mass is 79.9. The van der Waals surface area contributed by atoms with Gasteiger partial charge in [0.05, 0.1) is 23.7 Å². The summed E-state index contributed by atoms with van der Waals surface area (Å²) in [7, 11) is 0. The van der Waals surface area contributed by atoms with Gasteiger partial charge in [0.25, 0.3) is 0 Å². The lowest BCUT2D eigenvalue weighted by atomic mass is 9.68. The lowest BCUT2D eigenvalue weighted by Gasteiger charge is -2.38. The molecule has 4 rings (SSSR count). The molecular formula is C23H17BrO6S. The number of benzene rings is 2. The SMILES string of the molecule is CCOC(=O)C1(C(=O)OCC)C2=C(Sc3c(Br)cccc31)C(=O)c1ccccc1C2=O. The summed E-state index contributed by atoms with van der Waals surface area (Å²) >= 11 is 4.51. The van der Waals surface area contributed by atoms with Gasteiger partial charge in [0.15, 0.2) is 5.78 Å². The predicted octanol–water partition coefficient (Wildman–Crippen LogP) is 4.25. The fourth-order valence-electron chi connectivity index (χ4n) is 3.92. The van der Waals surface area contributed by atoms with Crippen LogP contribution in [0.4, 0.5) is 0 Å². The highest BCUT2D eigenvalue weighted by molar-refractivity contribution is 9.10. The number of esters is 2. The summed E-state index contributed by atoms with van der Waals surface area (Å²) in [6, 6.07) is 11.4. The Labute approximate surface area is 191 Å². The number of carbonyl (C=O) groups excluding carboxylic acids is 4. The maximum Gasteiger partial charge on any atom is 0.332 e. The first kappa shape index (κ1) is 21.5. The van der Waals surface area contributed by atoms with E-state index < -0.39 is 28.9 Å². The molecule has 0 spiro atoms. The third-order valence-corrected chi connectivity index (χ3v) is 7.35. The second-order valence-electron chi connectivity index (χ2n) is 6.82. The van der Waals surface area contributed by atoms with Gasteiger partial charge in [-0.15, -0.1) is 0 Å². The van der Waals surface area contributed by atoms with Crippen LogP contribution in [0, 0.1) is 0 Å². The summed E-state index contributed by atoms with van der Waals surface area (Å²) in [5.41, 5.74) is -1.78. The van der Waals surface area contributed by atoms with Gasteiger partial charge in [0.1, 0.15) is 0 Å². The molecule has 2 aliphatic rings. The summed E-state index contributed by atoms with van der Waals surface area (Å²) in [6.45, 7) is 3.18. The maximum atomic E-state index is 13.7. The number of halogens is 1. The zero-order valence-corrected chi connectivity index (χ0v) is 19.1. The van der Waals surface area contributed by atoms with Crippen molar-refractivity contribution in [3.63, 3.8) is 0 Å². The molecule has 0 aromatic heterocycles. The summed E-state index contributed by atoms with van der Waals surface area (Å²) in [4.78, 5) is 54.6. The predicted molar refractivity (Wildman–Crippen MR) is 117 cm³/mol. The van der Waals surface area contributed by atoms with Gasteiger partial charge in [0, 0.05) is 26.1 Å². The Morgan fingerprint density at radius 1 is 0.903 bits per heavy atom. The van der Waals surface area contributed by atoms with Crippen LogP contribution in [0.15, 0.2) is 62.3 Å². The van der Waals surface area contributed by atoms with Crippen LogP contribution < -0.4 is 0 Å². The Kier molecular flexibility index (Phi) is 5.61. The Bertz CT molecular complexity index is 1160. The molecule has 0 N–H and O–H groups in total. The molecule has 8 heteroatoms. The third-order valence-electron chi connectivity index (χ3n) is 5.19. The molecule has 1 aliphatic carbocycles. The molecule has 0 saturated heterocycles. The molecule has 6 nitrogen and oxygen atoms in total. The molecule has 2 aromatic carbocycles. The average molecular weight is 501 g/mol. The minimum absolute atomic E-state index is 0.0161. The summed E-state index contributed by atoms with van der Waals surface area (Å²) < 4.78 is 11.2. The molecule has 0 bridgehead atoms. The zero-order valence-electron chi connectivity index (χ0n) is 16.7. The smallest absolute Gasteiger partial charge is 0.332 e. The van der Waals surface area contributed by atoms with Gasteiger partial charge in [-0.1, -0.05) is 48.2 Å². The standard InChI is InChI=1S/C23H17BrO6S/c1-3-29-21(27)23(22(28)30-4-2)14-10-7-11-15(24)19(14)31-20-16(23)17(25)12-8-5-6-9-13(12)18(20)26/h5-11H,3-4H2,1-2H3. The lowest BCUT2D eigenvalue weighted by Crippen LogP contribution is -2.52. The van der Waals surface area contributed by atoms with Gasteiger partial charge in [-0.2, -0.15) is 0 Å². The molecule has 1 heterocycles.